The first-order chi connectivity index (χ1) is 48.1. The highest BCUT2D eigenvalue weighted by atomic mass is 15.1. The average molecular weight is 1290 g/mol. The largest absolute Gasteiger partial charge is 0.310 e. The van der Waals surface area contributed by atoms with Crippen molar-refractivity contribution < 1.29 is 0 Å². The summed E-state index contributed by atoms with van der Waals surface area (Å²) in [7, 11) is 0. The van der Waals surface area contributed by atoms with Crippen molar-refractivity contribution in [3.05, 3.63) is 356 Å². The van der Waals surface area contributed by atoms with Crippen molar-refractivity contribution in [2.24, 2.45) is 0 Å². The molecule has 13 aromatic carbocycles. The van der Waals surface area contributed by atoms with Crippen LogP contribution in [0.25, 0.3) is 91.1 Å². The highest BCUT2D eigenvalue weighted by Crippen LogP contribution is 2.55. The van der Waals surface area contributed by atoms with Gasteiger partial charge in [-0.25, -0.2) is 0 Å². The Labute approximate surface area is 592 Å². The van der Waals surface area contributed by atoms with Gasteiger partial charge in [-0.2, -0.15) is 0 Å². The molecule has 0 amide bonds. The zero-order valence-corrected chi connectivity index (χ0v) is 59.6. The minimum atomic E-state index is -0.213. The molecule has 4 aliphatic rings. The molecule has 0 atom stereocenters. The molecule has 0 bridgehead atoms. The van der Waals surface area contributed by atoms with Crippen molar-refractivity contribution in [3.8, 4) is 66.8 Å². The van der Waals surface area contributed by atoms with E-state index < -0.39 is 0 Å². The minimum absolute atomic E-state index is 0.0508. The Bertz CT molecular complexity index is 5180. The van der Waals surface area contributed by atoms with E-state index in [1.165, 1.54) is 156 Å². The first kappa shape index (κ1) is 62.5. The van der Waals surface area contributed by atoms with Gasteiger partial charge in [0.05, 0.1) is 0 Å². The number of anilines is 6. The summed E-state index contributed by atoms with van der Waals surface area (Å²) >= 11 is 0. The SMILES string of the molecule is Cc1cc(C)cc(N(c2ccc(-c3ccc4c(c3)C(C)(C)c3ccccc3-4)cc2)c2ccc3c(c2)C(C)(C)c2cc(/C=C/c4ccc(/C=C/c5ccc6c(c5)C(C)(C)c5cc(N(c7ccc(-c8ccc9c(c8)C(C)(C)c8ccccc8-9)cc7)c7cc(C)cc(C)c7)ccc5-6)cc4)ccc2-3)c1. The summed E-state index contributed by atoms with van der Waals surface area (Å²) in [6, 6.07) is 101. The lowest BCUT2D eigenvalue weighted by Crippen LogP contribution is -2.17. The van der Waals surface area contributed by atoms with Gasteiger partial charge in [0.1, 0.15) is 0 Å². The van der Waals surface area contributed by atoms with Crippen LogP contribution in [0.15, 0.2) is 267 Å². The van der Waals surface area contributed by atoms with E-state index in [2.05, 4.69) is 384 Å². The molecule has 0 saturated heterocycles. The maximum Gasteiger partial charge on any atom is 0.0466 e. The predicted octanol–water partition coefficient (Wildman–Crippen LogP) is 26.8. The van der Waals surface area contributed by atoms with E-state index in [0.717, 1.165) is 34.1 Å². The fraction of sp³-hybridized carbons (Fsp3) is 0.163. The summed E-state index contributed by atoms with van der Waals surface area (Å²) in [6.45, 7) is 27.8. The van der Waals surface area contributed by atoms with Crippen LogP contribution in [0.2, 0.25) is 0 Å². The molecule has 13 aromatic rings. The Morgan fingerprint density at radius 3 is 0.830 bits per heavy atom. The maximum atomic E-state index is 2.45. The summed E-state index contributed by atoms with van der Waals surface area (Å²) in [5, 5.41) is 0. The van der Waals surface area contributed by atoms with Gasteiger partial charge in [0, 0.05) is 55.8 Å². The second-order valence-corrected chi connectivity index (χ2v) is 31.0. The standard InChI is InChI=1S/C98H84N2/c1-61-49-62(2)52-77(51-61)99(73-37-31-69(32-38-73)71-35-45-83-79-17-13-15-19-87(79)95(5,6)91(83)57-71)75-41-47-85-81-43-29-67(55-89(81)97(9,10)93(85)59-75)27-25-65-21-23-66(24-22-65)26-28-68-30-44-82-86-48-42-76(60-94(86)98(11,12)90(82)56-68)100(78-53-63(3)50-64(4)54-78)74-39-33-70(34-40-74)72-36-46-84-80-18-14-16-20-88(80)96(7,8)92(84)58-72/h13-60H,1-12H3/b27-25+,28-26+. The molecule has 0 N–H and O–H groups in total. The van der Waals surface area contributed by atoms with Gasteiger partial charge in [-0.05, 0) is 268 Å². The van der Waals surface area contributed by atoms with E-state index in [0.29, 0.717) is 0 Å². The van der Waals surface area contributed by atoms with E-state index in [9.17, 15) is 0 Å². The molecule has 100 heavy (non-hydrogen) atoms. The van der Waals surface area contributed by atoms with E-state index in [4.69, 9.17) is 0 Å². The van der Waals surface area contributed by atoms with Gasteiger partial charge < -0.3 is 9.80 Å². The molecule has 17 rings (SSSR count). The summed E-state index contributed by atoms with van der Waals surface area (Å²) in [5.41, 5.74) is 42.6. The van der Waals surface area contributed by atoms with Crippen LogP contribution in [0.5, 0.6) is 0 Å². The van der Waals surface area contributed by atoms with Gasteiger partial charge in [0.2, 0.25) is 0 Å². The fourth-order valence-corrected chi connectivity index (χ4v) is 17.5. The molecule has 0 unspecified atom stereocenters. The van der Waals surface area contributed by atoms with Gasteiger partial charge in [-0.3, -0.25) is 0 Å². The minimum Gasteiger partial charge on any atom is -0.310 e. The van der Waals surface area contributed by atoms with E-state index in [-0.39, 0.29) is 21.7 Å². The van der Waals surface area contributed by atoms with Gasteiger partial charge >= 0.3 is 0 Å². The summed E-state index contributed by atoms with van der Waals surface area (Å²) < 4.78 is 0. The van der Waals surface area contributed by atoms with E-state index in [1.54, 1.807) is 0 Å². The van der Waals surface area contributed by atoms with Crippen molar-refractivity contribution in [1.29, 1.82) is 0 Å². The van der Waals surface area contributed by atoms with Crippen LogP contribution in [0, 0.1) is 27.7 Å². The first-order valence-electron chi connectivity index (χ1n) is 35.7. The van der Waals surface area contributed by atoms with Crippen molar-refractivity contribution in [3.63, 3.8) is 0 Å². The second kappa shape index (κ2) is 23.3. The lowest BCUT2D eigenvalue weighted by atomic mass is 9.81. The molecule has 0 fully saturated rings. The fourth-order valence-electron chi connectivity index (χ4n) is 17.5. The molecule has 4 aliphatic carbocycles. The number of aryl methyl sites for hydroxylation is 4. The molecular formula is C98H84N2. The Hall–Kier alpha value is -11.1. The van der Waals surface area contributed by atoms with Crippen LogP contribution >= 0.6 is 0 Å². The van der Waals surface area contributed by atoms with Gasteiger partial charge in [-0.1, -0.05) is 262 Å². The van der Waals surface area contributed by atoms with Crippen molar-refractivity contribution in [1.82, 2.24) is 0 Å². The molecular weight excluding hydrogens is 1210 g/mol. The van der Waals surface area contributed by atoms with Gasteiger partial charge in [0.25, 0.3) is 0 Å². The third kappa shape index (κ3) is 10.4. The molecule has 2 nitrogen and oxygen atoms in total. The average Bonchev–Trinajstić information content (AvgIpc) is 1.59. The number of hydrogen-bond acceptors (Lipinski definition) is 2. The second-order valence-electron chi connectivity index (χ2n) is 31.0. The topological polar surface area (TPSA) is 6.48 Å². The molecule has 0 radical (unpaired) electrons. The smallest absolute Gasteiger partial charge is 0.0466 e. The molecule has 0 heterocycles. The normalized spacial score (nSPS) is 14.8. The zero-order valence-electron chi connectivity index (χ0n) is 59.6. The molecule has 2 heteroatoms. The number of hydrogen-bond donors (Lipinski definition) is 0. The van der Waals surface area contributed by atoms with Gasteiger partial charge in [-0.15, -0.1) is 0 Å². The van der Waals surface area contributed by atoms with Crippen LogP contribution in [-0.2, 0) is 21.7 Å². The Balaban J connectivity index is 0.589. The van der Waals surface area contributed by atoms with E-state index in [1.807, 2.05) is 0 Å². The number of benzene rings is 13. The number of rotatable bonds is 12. The Morgan fingerprint density at radius 2 is 0.460 bits per heavy atom. The monoisotopic (exact) mass is 1290 g/mol. The van der Waals surface area contributed by atoms with Crippen molar-refractivity contribution in [2.45, 2.75) is 105 Å². The predicted molar refractivity (Wildman–Crippen MR) is 427 cm³/mol. The summed E-state index contributed by atoms with van der Waals surface area (Å²) in [6.07, 6.45) is 9.03. The zero-order chi connectivity index (χ0) is 68.7. The number of nitrogens with zero attached hydrogens (tertiary/aromatic N) is 2. The lowest BCUT2D eigenvalue weighted by molar-refractivity contribution is 0.660. The molecule has 486 valence electrons. The Morgan fingerprint density at radius 1 is 0.200 bits per heavy atom. The highest BCUT2D eigenvalue weighted by Gasteiger charge is 2.40. The quantitative estimate of drug-likeness (QED) is 0.113. The molecule has 0 saturated carbocycles. The van der Waals surface area contributed by atoms with Crippen LogP contribution in [0.4, 0.5) is 34.1 Å². The molecule has 0 aliphatic heterocycles. The third-order valence-corrected chi connectivity index (χ3v) is 22.8. The lowest BCUT2D eigenvalue weighted by Gasteiger charge is -2.29. The Kier molecular flexibility index (Phi) is 14.5. The van der Waals surface area contributed by atoms with Crippen molar-refractivity contribution >= 4 is 58.4 Å². The highest BCUT2D eigenvalue weighted by molar-refractivity contribution is 5.92. The van der Waals surface area contributed by atoms with Crippen molar-refractivity contribution in [2.75, 3.05) is 9.80 Å². The summed E-state index contributed by atoms with van der Waals surface area (Å²) in [4.78, 5) is 4.89. The molecule has 0 aromatic heterocycles. The number of fused-ring (bicyclic) bond motifs is 12. The van der Waals surface area contributed by atoms with Crippen LogP contribution in [0.3, 0.4) is 0 Å². The summed E-state index contributed by atoms with van der Waals surface area (Å²) in [5.74, 6) is 0. The van der Waals surface area contributed by atoms with E-state index >= 15 is 0 Å². The van der Waals surface area contributed by atoms with Gasteiger partial charge in [0.15, 0.2) is 0 Å². The first-order valence-corrected chi connectivity index (χ1v) is 35.7. The maximum absolute atomic E-state index is 2.45. The van der Waals surface area contributed by atoms with Crippen LogP contribution in [0.1, 0.15) is 144 Å². The van der Waals surface area contributed by atoms with Crippen LogP contribution in [-0.4, -0.2) is 0 Å². The third-order valence-electron chi connectivity index (χ3n) is 22.8. The van der Waals surface area contributed by atoms with Crippen LogP contribution < -0.4 is 9.80 Å². The molecule has 0 spiro atoms.